The van der Waals surface area contributed by atoms with E-state index < -0.39 is 24.7 Å². The van der Waals surface area contributed by atoms with Gasteiger partial charge in [-0.05, 0) is 48.3 Å². The van der Waals surface area contributed by atoms with Gasteiger partial charge >= 0.3 is 13.1 Å². The first-order valence-corrected chi connectivity index (χ1v) is 9.07. The Balaban J connectivity index is 1.62. The fourth-order valence-corrected chi connectivity index (χ4v) is 2.90. The second kappa shape index (κ2) is 9.10. The number of esters is 1. The molecule has 1 aliphatic rings. The number of benzene rings is 2. The van der Waals surface area contributed by atoms with Gasteiger partial charge in [-0.3, -0.25) is 0 Å². The van der Waals surface area contributed by atoms with Gasteiger partial charge in [-0.25, -0.2) is 13.6 Å². The predicted molar refractivity (Wildman–Crippen MR) is 98.1 cm³/mol. The molecule has 0 bridgehead atoms. The zero-order valence-corrected chi connectivity index (χ0v) is 15.1. The lowest BCUT2D eigenvalue weighted by Gasteiger charge is -2.27. The highest BCUT2D eigenvalue weighted by Gasteiger charge is 2.30. The molecule has 0 saturated carbocycles. The van der Waals surface area contributed by atoms with Gasteiger partial charge in [0.05, 0.1) is 5.56 Å². The quantitative estimate of drug-likeness (QED) is 0.439. The van der Waals surface area contributed by atoms with Crippen LogP contribution in [0.4, 0.5) is 8.78 Å². The van der Waals surface area contributed by atoms with Gasteiger partial charge in [0.2, 0.25) is 0 Å². The summed E-state index contributed by atoms with van der Waals surface area (Å²) in [5, 5.41) is 0. The zero-order valence-electron chi connectivity index (χ0n) is 15.1. The van der Waals surface area contributed by atoms with Crippen LogP contribution < -0.4 is 10.2 Å². The number of hydrogen-bond acceptors (Lipinski definition) is 4. The van der Waals surface area contributed by atoms with Gasteiger partial charge in [-0.1, -0.05) is 25.8 Å². The van der Waals surface area contributed by atoms with Crippen molar-refractivity contribution in [3.8, 4) is 5.75 Å². The zero-order chi connectivity index (χ0) is 19.2. The molecule has 3 rings (SSSR count). The molecule has 0 unspecified atom stereocenters. The van der Waals surface area contributed by atoms with Crippen molar-refractivity contribution in [1.29, 1.82) is 0 Å². The molecular weight excluding hydrogens is 353 g/mol. The summed E-state index contributed by atoms with van der Waals surface area (Å²) in [5.41, 5.74) is 0.305. The molecule has 0 aliphatic carbocycles. The fourth-order valence-electron chi connectivity index (χ4n) is 2.90. The highest BCUT2D eigenvalue weighted by Crippen LogP contribution is 2.18. The van der Waals surface area contributed by atoms with E-state index in [0.29, 0.717) is 24.6 Å². The van der Waals surface area contributed by atoms with Crippen LogP contribution in [0.2, 0.25) is 0 Å². The molecule has 0 N–H and O–H groups in total. The Hall–Kier alpha value is -2.25. The Labute approximate surface area is 157 Å². The summed E-state index contributed by atoms with van der Waals surface area (Å²) in [6.45, 7) is 3.28. The van der Waals surface area contributed by atoms with E-state index in [9.17, 15) is 13.6 Å². The molecule has 142 valence electrons. The van der Waals surface area contributed by atoms with Gasteiger partial charge in [-0.2, -0.15) is 0 Å². The Morgan fingerprint density at radius 1 is 1.15 bits per heavy atom. The first-order valence-electron chi connectivity index (χ1n) is 9.07. The van der Waals surface area contributed by atoms with E-state index >= 15 is 0 Å². The molecule has 0 spiro atoms. The van der Waals surface area contributed by atoms with E-state index in [0.717, 1.165) is 31.4 Å². The molecule has 0 amide bonds. The number of unbranched alkanes of at least 4 members (excludes halogenated alkanes) is 1. The van der Waals surface area contributed by atoms with Crippen LogP contribution in [0.25, 0.3) is 0 Å². The molecule has 2 aromatic rings. The lowest BCUT2D eigenvalue weighted by atomic mass is 9.77. The van der Waals surface area contributed by atoms with Crippen LogP contribution in [0.3, 0.4) is 0 Å². The predicted octanol–water partition coefficient (Wildman–Crippen LogP) is 3.73. The second-order valence-electron chi connectivity index (χ2n) is 6.59. The van der Waals surface area contributed by atoms with Crippen molar-refractivity contribution >= 4 is 18.6 Å². The normalized spacial score (nSPS) is 15.0. The smallest absolute Gasteiger partial charge is 0.423 e. The molecule has 4 nitrogen and oxygen atoms in total. The maximum atomic E-state index is 14.4. The summed E-state index contributed by atoms with van der Waals surface area (Å²) in [5.74, 6) is -1.52. The SMILES string of the molecule is CCCCC1COB(c2ccc(C(=O)Oc3ccc(F)cc3)c(F)c2)OC1. The molecule has 1 aliphatic heterocycles. The van der Waals surface area contributed by atoms with E-state index in [1.807, 2.05) is 0 Å². The minimum atomic E-state index is -0.851. The van der Waals surface area contributed by atoms with Gasteiger partial charge in [-0.15, -0.1) is 0 Å². The molecule has 7 heteroatoms. The van der Waals surface area contributed by atoms with E-state index in [-0.39, 0.29) is 11.3 Å². The van der Waals surface area contributed by atoms with E-state index in [2.05, 4.69) is 6.92 Å². The van der Waals surface area contributed by atoms with Gasteiger partial charge in [0, 0.05) is 19.1 Å². The Bertz CT molecular complexity index is 774. The summed E-state index contributed by atoms with van der Waals surface area (Å²) < 4.78 is 43.7. The summed E-state index contributed by atoms with van der Waals surface area (Å²) in [6.07, 6.45) is 3.30. The van der Waals surface area contributed by atoms with Crippen LogP contribution in [0.5, 0.6) is 5.75 Å². The van der Waals surface area contributed by atoms with E-state index in [1.165, 1.54) is 24.3 Å². The minimum Gasteiger partial charge on any atom is -0.423 e. The summed E-state index contributed by atoms with van der Waals surface area (Å²) >= 11 is 0. The molecular formula is C20H21BF2O4. The van der Waals surface area contributed by atoms with Crippen LogP contribution in [-0.4, -0.2) is 26.3 Å². The first kappa shape index (κ1) is 19.5. The average molecular weight is 374 g/mol. The van der Waals surface area contributed by atoms with Crippen molar-refractivity contribution in [2.45, 2.75) is 26.2 Å². The molecule has 1 saturated heterocycles. The van der Waals surface area contributed by atoms with E-state index in [4.69, 9.17) is 14.0 Å². The fraction of sp³-hybridized carbons (Fsp3) is 0.350. The summed E-state index contributed by atoms with van der Waals surface area (Å²) in [7, 11) is -0.639. The second-order valence-corrected chi connectivity index (χ2v) is 6.59. The largest absolute Gasteiger partial charge is 0.493 e. The number of carbonyl (C=O) groups excluding carboxylic acids is 1. The maximum absolute atomic E-state index is 14.4. The van der Waals surface area contributed by atoms with Crippen molar-refractivity contribution in [2.24, 2.45) is 5.92 Å². The highest BCUT2D eigenvalue weighted by atomic mass is 19.1. The molecule has 0 atom stereocenters. The third-order valence-corrected chi connectivity index (χ3v) is 4.44. The number of ether oxygens (including phenoxy) is 1. The topological polar surface area (TPSA) is 44.8 Å². The van der Waals surface area contributed by atoms with Crippen molar-refractivity contribution in [1.82, 2.24) is 0 Å². The molecule has 1 fully saturated rings. The monoisotopic (exact) mass is 374 g/mol. The number of halogens is 2. The molecule has 27 heavy (non-hydrogen) atoms. The van der Waals surface area contributed by atoms with Crippen molar-refractivity contribution in [3.63, 3.8) is 0 Å². The van der Waals surface area contributed by atoms with Gasteiger partial charge in [0.15, 0.2) is 0 Å². The van der Waals surface area contributed by atoms with Crippen molar-refractivity contribution in [3.05, 3.63) is 59.7 Å². The molecule has 0 aromatic heterocycles. The number of rotatable bonds is 6. The van der Waals surface area contributed by atoms with Crippen LogP contribution in [0.1, 0.15) is 36.5 Å². The Morgan fingerprint density at radius 3 is 2.48 bits per heavy atom. The standard InChI is InChI=1S/C20H21BF2O4/c1-2-3-4-14-12-25-21(26-13-14)15-5-10-18(19(23)11-15)20(24)27-17-8-6-16(22)7-9-17/h5-11,14H,2-4,12-13H2,1H3. The Morgan fingerprint density at radius 2 is 1.85 bits per heavy atom. The van der Waals surface area contributed by atoms with Gasteiger partial charge in [0.1, 0.15) is 17.4 Å². The average Bonchev–Trinajstić information content (AvgIpc) is 2.68. The van der Waals surface area contributed by atoms with Crippen molar-refractivity contribution in [2.75, 3.05) is 13.2 Å². The third kappa shape index (κ3) is 5.14. The number of carbonyl (C=O) groups is 1. The van der Waals surface area contributed by atoms with Crippen LogP contribution in [0, 0.1) is 17.6 Å². The highest BCUT2D eigenvalue weighted by molar-refractivity contribution is 6.61. The van der Waals surface area contributed by atoms with Gasteiger partial charge in [0.25, 0.3) is 0 Å². The Kier molecular flexibility index (Phi) is 6.58. The van der Waals surface area contributed by atoms with Crippen LogP contribution in [0.15, 0.2) is 42.5 Å². The lowest BCUT2D eigenvalue weighted by molar-refractivity contribution is 0.0728. The van der Waals surface area contributed by atoms with Gasteiger partial charge < -0.3 is 14.0 Å². The minimum absolute atomic E-state index is 0.141. The summed E-state index contributed by atoms with van der Waals surface area (Å²) in [6, 6.07) is 9.07. The molecule has 2 aromatic carbocycles. The third-order valence-electron chi connectivity index (χ3n) is 4.44. The van der Waals surface area contributed by atoms with Crippen LogP contribution >= 0.6 is 0 Å². The summed E-state index contributed by atoms with van der Waals surface area (Å²) in [4.78, 5) is 12.1. The van der Waals surface area contributed by atoms with E-state index in [1.54, 1.807) is 6.07 Å². The number of hydrogen-bond donors (Lipinski definition) is 0. The first-order chi connectivity index (χ1) is 13.1. The van der Waals surface area contributed by atoms with Crippen LogP contribution in [-0.2, 0) is 9.31 Å². The molecule has 1 heterocycles. The van der Waals surface area contributed by atoms with Crippen molar-refractivity contribution < 1.29 is 27.6 Å². The lowest BCUT2D eigenvalue weighted by Crippen LogP contribution is -2.44. The maximum Gasteiger partial charge on any atom is 0.493 e. The molecule has 0 radical (unpaired) electrons.